The topological polar surface area (TPSA) is 20.2 Å². The Morgan fingerprint density at radius 2 is 2.00 bits per heavy atom. The summed E-state index contributed by atoms with van der Waals surface area (Å²) >= 11 is 3.42. The molecule has 0 saturated carbocycles. The number of aliphatic hydroxyl groups excluding tert-OH is 1. The third-order valence-electron chi connectivity index (χ3n) is 2.31. The number of rotatable bonds is 2. The molecule has 0 unspecified atom stereocenters. The Morgan fingerprint density at radius 1 is 1.38 bits per heavy atom. The minimum absolute atomic E-state index is 0.148. The summed E-state index contributed by atoms with van der Waals surface area (Å²) in [5.74, 6) is 0. The first-order chi connectivity index (χ1) is 5.97. The van der Waals surface area contributed by atoms with Gasteiger partial charge in [0.1, 0.15) is 0 Å². The number of halogens is 1. The third-order valence-corrected chi connectivity index (χ3v) is 2.81. The molecule has 1 aromatic rings. The van der Waals surface area contributed by atoms with Gasteiger partial charge in [-0.05, 0) is 30.2 Å². The van der Waals surface area contributed by atoms with E-state index in [1.807, 2.05) is 19.9 Å². The van der Waals surface area contributed by atoms with E-state index in [2.05, 4.69) is 35.0 Å². The molecule has 0 atom stereocenters. The second-order valence-electron chi connectivity index (χ2n) is 4.00. The minimum Gasteiger partial charge on any atom is -0.395 e. The van der Waals surface area contributed by atoms with Crippen molar-refractivity contribution < 1.29 is 5.11 Å². The fraction of sp³-hybridized carbons (Fsp3) is 0.455. The van der Waals surface area contributed by atoms with Crippen molar-refractivity contribution in [3.05, 3.63) is 33.8 Å². The van der Waals surface area contributed by atoms with E-state index in [-0.39, 0.29) is 12.0 Å². The summed E-state index contributed by atoms with van der Waals surface area (Å²) in [4.78, 5) is 0. The quantitative estimate of drug-likeness (QED) is 0.846. The summed E-state index contributed by atoms with van der Waals surface area (Å²) < 4.78 is 1.09. The number of hydrogen-bond donors (Lipinski definition) is 1. The Morgan fingerprint density at radius 3 is 2.46 bits per heavy atom. The van der Waals surface area contributed by atoms with E-state index in [4.69, 9.17) is 0 Å². The molecule has 1 rings (SSSR count). The molecule has 1 nitrogen and oxygen atoms in total. The van der Waals surface area contributed by atoms with Crippen LogP contribution in [-0.2, 0) is 5.41 Å². The van der Waals surface area contributed by atoms with E-state index >= 15 is 0 Å². The molecule has 0 aromatic heterocycles. The highest BCUT2D eigenvalue weighted by molar-refractivity contribution is 9.10. The van der Waals surface area contributed by atoms with Crippen LogP contribution in [0, 0.1) is 6.92 Å². The average Bonchev–Trinajstić information content (AvgIpc) is 2.03. The van der Waals surface area contributed by atoms with E-state index in [1.165, 1.54) is 11.1 Å². The van der Waals surface area contributed by atoms with Gasteiger partial charge in [-0.1, -0.05) is 35.8 Å². The molecule has 0 amide bonds. The average molecular weight is 243 g/mol. The van der Waals surface area contributed by atoms with Crippen molar-refractivity contribution in [1.82, 2.24) is 0 Å². The molecule has 0 bridgehead atoms. The lowest BCUT2D eigenvalue weighted by molar-refractivity contribution is 0.218. The van der Waals surface area contributed by atoms with Gasteiger partial charge in [0.05, 0.1) is 6.61 Å². The van der Waals surface area contributed by atoms with Gasteiger partial charge >= 0.3 is 0 Å². The zero-order valence-corrected chi connectivity index (χ0v) is 9.85. The number of aliphatic hydroxyl groups is 1. The smallest absolute Gasteiger partial charge is 0.0522 e. The van der Waals surface area contributed by atoms with Crippen LogP contribution < -0.4 is 0 Å². The molecule has 1 aromatic carbocycles. The molecule has 0 radical (unpaired) electrons. The predicted molar refractivity (Wildman–Crippen MR) is 59.0 cm³/mol. The summed E-state index contributed by atoms with van der Waals surface area (Å²) in [6.07, 6.45) is 0. The largest absolute Gasteiger partial charge is 0.395 e. The van der Waals surface area contributed by atoms with Crippen molar-refractivity contribution in [3.8, 4) is 0 Å². The summed E-state index contributed by atoms with van der Waals surface area (Å²) in [6.45, 7) is 6.33. The molecular weight excluding hydrogens is 228 g/mol. The van der Waals surface area contributed by atoms with Gasteiger partial charge in [0.2, 0.25) is 0 Å². The van der Waals surface area contributed by atoms with Crippen LogP contribution in [0.4, 0.5) is 0 Å². The van der Waals surface area contributed by atoms with Crippen LogP contribution in [0.5, 0.6) is 0 Å². The fourth-order valence-electron chi connectivity index (χ4n) is 1.47. The second kappa shape index (κ2) is 3.81. The van der Waals surface area contributed by atoms with Gasteiger partial charge in [-0.2, -0.15) is 0 Å². The molecule has 0 saturated heterocycles. The Hall–Kier alpha value is -0.340. The summed E-state index contributed by atoms with van der Waals surface area (Å²) in [6, 6.07) is 6.15. The molecule has 0 spiro atoms. The molecule has 0 heterocycles. The van der Waals surface area contributed by atoms with Gasteiger partial charge in [0, 0.05) is 9.89 Å². The summed E-state index contributed by atoms with van der Waals surface area (Å²) in [7, 11) is 0. The Balaban J connectivity index is 3.16. The molecule has 0 aliphatic heterocycles. The van der Waals surface area contributed by atoms with E-state index in [1.54, 1.807) is 0 Å². The van der Waals surface area contributed by atoms with Crippen molar-refractivity contribution >= 4 is 15.9 Å². The molecule has 13 heavy (non-hydrogen) atoms. The highest BCUT2D eigenvalue weighted by atomic mass is 79.9. The summed E-state index contributed by atoms with van der Waals surface area (Å²) in [5.41, 5.74) is 2.27. The van der Waals surface area contributed by atoms with Crippen molar-refractivity contribution in [3.63, 3.8) is 0 Å². The number of hydrogen-bond acceptors (Lipinski definition) is 1. The monoisotopic (exact) mass is 242 g/mol. The van der Waals surface area contributed by atoms with E-state index in [9.17, 15) is 5.11 Å². The van der Waals surface area contributed by atoms with Crippen molar-refractivity contribution in [1.29, 1.82) is 0 Å². The lowest BCUT2D eigenvalue weighted by Gasteiger charge is -2.24. The normalized spacial score (nSPS) is 11.8. The molecule has 1 N–H and O–H groups in total. The first-order valence-corrected chi connectivity index (χ1v) is 5.14. The van der Waals surface area contributed by atoms with Crippen LogP contribution in [0.3, 0.4) is 0 Å². The van der Waals surface area contributed by atoms with Crippen molar-refractivity contribution in [2.75, 3.05) is 6.61 Å². The maximum absolute atomic E-state index is 9.23. The fourth-order valence-corrected chi connectivity index (χ4v) is 1.95. The molecular formula is C11H15BrO. The van der Waals surface area contributed by atoms with Crippen molar-refractivity contribution in [2.24, 2.45) is 0 Å². The van der Waals surface area contributed by atoms with Gasteiger partial charge in [-0.3, -0.25) is 0 Å². The molecule has 2 heteroatoms. The Bertz CT molecular complexity index is 305. The minimum atomic E-state index is -0.148. The van der Waals surface area contributed by atoms with E-state index in [0.29, 0.717) is 0 Å². The zero-order valence-electron chi connectivity index (χ0n) is 8.26. The maximum atomic E-state index is 9.23. The van der Waals surface area contributed by atoms with Gasteiger partial charge in [0.15, 0.2) is 0 Å². The number of aryl methyl sites for hydroxylation is 1. The Labute approximate surface area is 87.9 Å². The van der Waals surface area contributed by atoms with Crippen LogP contribution >= 0.6 is 15.9 Å². The van der Waals surface area contributed by atoms with E-state index < -0.39 is 0 Å². The second-order valence-corrected chi connectivity index (χ2v) is 4.92. The lowest BCUT2D eigenvalue weighted by atomic mass is 9.83. The molecule has 0 aliphatic rings. The van der Waals surface area contributed by atoms with Gasteiger partial charge in [-0.25, -0.2) is 0 Å². The molecule has 0 fully saturated rings. The zero-order chi connectivity index (χ0) is 10.1. The SMILES string of the molecule is Cc1cc(Br)ccc1C(C)(C)CO. The number of benzene rings is 1. The summed E-state index contributed by atoms with van der Waals surface area (Å²) in [5, 5.41) is 9.23. The third kappa shape index (κ3) is 2.32. The van der Waals surface area contributed by atoms with Crippen LogP contribution in [0.1, 0.15) is 25.0 Å². The van der Waals surface area contributed by atoms with Crippen LogP contribution in [0.2, 0.25) is 0 Å². The highest BCUT2D eigenvalue weighted by Crippen LogP contribution is 2.27. The first-order valence-electron chi connectivity index (χ1n) is 4.35. The van der Waals surface area contributed by atoms with Crippen LogP contribution in [0.25, 0.3) is 0 Å². The van der Waals surface area contributed by atoms with Gasteiger partial charge in [0.25, 0.3) is 0 Å². The molecule has 0 aliphatic carbocycles. The molecule has 72 valence electrons. The van der Waals surface area contributed by atoms with Gasteiger partial charge in [-0.15, -0.1) is 0 Å². The van der Waals surface area contributed by atoms with Crippen molar-refractivity contribution in [2.45, 2.75) is 26.2 Å². The first kappa shape index (κ1) is 10.7. The van der Waals surface area contributed by atoms with E-state index in [0.717, 1.165) is 4.47 Å². The lowest BCUT2D eigenvalue weighted by Crippen LogP contribution is -2.23. The van der Waals surface area contributed by atoms with Crippen LogP contribution in [0.15, 0.2) is 22.7 Å². The maximum Gasteiger partial charge on any atom is 0.0522 e. The van der Waals surface area contributed by atoms with Crippen LogP contribution in [-0.4, -0.2) is 11.7 Å². The highest BCUT2D eigenvalue weighted by Gasteiger charge is 2.20. The standard InChI is InChI=1S/C11H15BrO/c1-8-6-9(12)4-5-10(8)11(2,3)7-13/h4-6,13H,7H2,1-3H3. The Kier molecular flexibility index (Phi) is 3.14. The predicted octanol–water partition coefficient (Wildman–Crippen LogP) is 3.03. The van der Waals surface area contributed by atoms with Gasteiger partial charge < -0.3 is 5.11 Å².